The average molecular weight is 268 g/mol. The smallest absolute Gasteiger partial charge is 0.310 e. The standard InChI is InChI=1S/C14H18ClNO2/c15-12-6-2-1-5-10(12)11(9-16)14(13(17)18)7-3-4-8-14/h1-2,5-6,11H,3-4,7-9,16H2,(H,17,18)/t11-/m0/s1. The van der Waals surface area contributed by atoms with Crippen LogP contribution in [-0.2, 0) is 4.79 Å². The second-order valence-corrected chi connectivity index (χ2v) is 5.39. The van der Waals surface area contributed by atoms with Crippen LogP contribution in [0.4, 0.5) is 0 Å². The lowest BCUT2D eigenvalue weighted by Crippen LogP contribution is -2.38. The van der Waals surface area contributed by atoms with E-state index in [-0.39, 0.29) is 5.92 Å². The monoisotopic (exact) mass is 267 g/mol. The van der Waals surface area contributed by atoms with Crippen LogP contribution in [0.15, 0.2) is 24.3 Å². The van der Waals surface area contributed by atoms with Crippen molar-refractivity contribution in [2.75, 3.05) is 6.54 Å². The summed E-state index contributed by atoms with van der Waals surface area (Å²) < 4.78 is 0. The lowest BCUT2D eigenvalue weighted by molar-refractivity contribution is -0.150. The zero-order chi connectivity index (χ0) is 13.2. The van der Waals surface area contributed by atoms with Crippen molar-refractivity contribution in [2.24, 2.45) is 11.1 Å². The van der Waals surface area contributed by atoms with E-state index in [2.05, 4.69) is 0 Å². The summed E-state index contributed by atoms with van der Waals surface area (Å²) in [4.78, 5) is 11.7. The van der Waals surface area contributed by atoms with Crippen LogP contribution in [0.5, 0.6) is 0 Å². The molecule has 0 unspecified atom stereocenters. The summed E-state index contributed by atoms with van der Waals surface area (Å²) in [5, 5.41) is 10.2. The van der Waals surface area contributed by atoms with E-state index in [4.69, 9.17) is 17.3 Å². The van der Waals surface area contributed by atoms with Gasteiger partial charge in [0.15, 0.2) is 0 Å². The highest BCUT2D eigenvalue weighted by molar-refractivity contribution is 6.31. The number of nitrogens with two attached hydrogens (primary N) is 1. The quantitative estimate of drug-likeness (QED) is 0.881. The fourth-order valence-electron chi connectivity index (χ4n) is 3.13. The summed E-state index contributed by atoms with van der Waals surface area (Å²) >= 11 is 6.19. The molecular weight excluding hydrogens is 250 g/mol. The van der Waals surface area contributed by atoms with Gasteiger partial charge in [0.2, 0.25) is 0 Å². The van der Waals surface area contributed by atoms with Crippen molar-refractivity contribution in [2.45, 2.75) is 31.6 Å². The van der Waals surface area contributed by atoms with Gasteiger partial charge in [-0.3, -0.25) is 4.79 Å². The Kier molecular flexibility index (Phi) is 3.93. The third-order valence-corrected chi connectivity index (χ3v) is 4.45. The molecule has 3 nitrogen and oxygen atoms in total. The first-order valence-corrected chi connectivity index (χ1v) is 6.67. The largest absolute Gasteiger partial charge is 0.481 e. The van der Waals surface area contributed by atoms with Gasteiger partial charge in [-0.1, -0.05) is 42.6 Å². The summed E-state index contributed by atoms with van der Waals surface area (Å²) in [6.45, 7) is 0.316. The molecule has 1 fully saturated rings. The molecule has 0 aliphatic heterocycles. The Hall–Kier alpha value is -1.06. The van der Waals surface area contributed by atoms with E-state index in [1.807, 2.05) is 18.2 Å². The first-order chi connectivity index (χ1) is 8.62. The molecule has 1 saturated carbocycles. The molecule has 0 bridgehead atoms. The van der Waals surface area contributed by atoms with Crippen molar-refractivity contribution in [1.82, 2.24) is 0 Å². The second-order valence-electron chi connectivity index (χ2n) is 4.98. The number of hydrogen-bond acceptors (Lipinski definition) is 2. The molecule has 0 radical (unpaired) electrons. The van der Waals surface area contributed by atoms with Crippen molar-refractivity contribution in [3.63, 3.8) is 0 Å². The molecule has 3 N–H and O–H groups in total. The van der Waals surface area contributed by atoms with Crippen LogP contribution >= 0.6 is 11.6 Å². The van der Waals surface area contributed by atoms with Crippen LogP contribution in [0.25, 0.3) is 0 Å². The third kappa shape index (κ3) is 2.13. The number of rotatable bonds is 4. The van der Waals surface area contributed by atoms with E-state index in [1.54, 1.807) is 6.07 Å². The van der Waals surface area contributed by atoms with Gasteiger partial charge in [0.05, 0.1) is 5.41 Å². The van der Waals surface area contributed by atoms with Crippen LogP contribution in [0.2, 0.25) is 5.02 Å². The summed E-state index contributed by atoms with van der Waals surface area (Å²) in [5.74, 6) is -0.943. The fourth-order valence-corrected chi connectivity index (χ4v) is 3.39. The van der Waals surface area contributed by atoms with Crippen molar-refractivity contribution in [1.29, 1.82) is 0 Å². The predicted octanol–water partition coefficient (Wildman–Crippen LogP) is 3.03. The number of hydrogen-bond donors (Lipinski definition) is 2. The minimum atomic E-state index is -0.740. The van der Waals surface area contributed by atoms with Gasteiger partial charge in [0.25, 0.3) is 0 Å². The summed E-state index contributed by atoms with van der Waals surface area (Å²) in [7, 11) is 0. The maximum atomic E-state index is 11.7. The molecule has 4 heteroatoms. The molecule has 1 aliphatic rings. The lowest BCUT2D eigenvalue weighted by atomic mass is 9.70. The zero-order valence-electron chi connectivity index (χ0n) is 10.2. The Morgan fingerprint density at radius 3 is 2.50 bits per heavy atom. The van der Waals surface area contributed by atoms with E-state index in [0.29, 0.717) is 24.4 Å². The van der Waals surface area contributed by atoms with Crippen molar-refractivity contribution in [3.05, 3.63) is 34.9 Å². The minimum absolute atomic E-state index is 0.203. The van der Waals surface area contributed by atoms with E-state index in [1.165, 1.54) is 0 Å². The minimum Gasteiger partial charge on any atom is -0.481 e. The molecular formula is C14H18ClNO2. The molecule has 0 amide bonds. The average Bonchev–Trinajstić information content (AvgIpc) is 2.83. The zero-order valence-corrected chi connectivity index (χ0v) is 11.0. The summed E-state index contributed by atoms with van der Waals surface area (Å²) in [6, 6.07) is 7.42. The first-order valence-electron chi connectivity index (χ1n) is 6.30. The van der Waals surface area contributed by atoms with Crippen LogP contribution in [0.3, 0.4) is 0 Å². The topological polar surface area (TPSA) is 63.3 Å². The maximum absolute atomic E-state index is 11.7. The van der Waals surface area contributed by atoms with E-state index in [9.17, 15) is 9.90 Å². The van der Waals surface area contributed by atoms with Crippen molar-refractivity contribution >= 4 is 17.6 Å². The van der Waals surface area contributed by atoms with Crippen LogP contribution in [0.1, 0.15) is 37.2 Å². The number of halogens is 1. The molecule has 98 valence electrons. The normalized spacial score (nSPS) is 19.7. The Labute approximate surface area is 112 Å². The number of carboxylic acid groups (broad SMARTS) is 1. The van der Waals surface area contributed by atoms with Crippen LogP contribution in [0, 0.1) is 5.41 Å². The molecule has 0 spiro atoms. The number of carboxylic acids is 1. The highest BCUT2D eigenvalue weighted by Crippen LogP contribution is 2.49. The van der Waals surface area contributed by atoms with Gasteiger partial charge in [-0.25, -0.2) is 0 Å². The summed E-state index contributed by atoms with van der Waals surface area (Å²) in [6.07, 6.45) is 3.28. The Bertz CT molecular complexity index is 441. The molecule has 1 atom stereocenters. The predicted molar refractivity (Wildman–Crippen MR) is 71.8 cm³/mol. The van der Waals surface area contributed by atoms with Crippen LogP contribution in [-0.4, -0.2) is 17.6 Å². The van der Waals surface area contributed by atoms with Gasteiger partial charge in [0.1, 0.15) is 0 Å². The highest BCUT2D eigenvalue weighted by atomic mass is 35.5. The molecule has 1 aliphatic carbocycles. The van der Waals surface area contributed by atoms with Gasteiger partial charge in [-0.15, -0.1) is 0 Å². The van der Waals surface area contributed by atoms with Crippen molar-refractivity contribution in [3.8, 4) is 0 Å². The van der Waals surface area contributed by atoms with E-state index >= 15 is 0 Å². The van der Waals surface area contributed by atoms with Gasteiger partial charge in [0, 0.05) is 17.5 Å². The van der Waals surface area contributed by atoms with E-state index in [0.717, 1.165) is 18.4 Å². The molecule has 1 aromatic rings. The Morgan fingerprint density at radius 2 is 2.00 bits per heavy atom. The molecule has 0 saturated heterocycles. The van der Waals surface area contributed by atoms with Crippen LogP contribution < -0.4 is 5.73 Å². The van der Waals surface area contributed by atoms with Gasteiger partial charge in [-0.2, -0.15) is 0 Å². The molecule has 0 aromatic heterocycles. The Balaban J connectivity index is 2.44. The number of benzene rings is 1. The van der Waals surface area contributed by atoms with Gasteiger partial charge >= 0.3 is 5.97 Å². The molecule has 18 heavy (non-hydrogen) atoms. The van der Waals surface area contributed by atoms with Gasteiger partial charge in [-0.05, 0) is 24.5 Å². The Morgan fingerprint density at radius 1 is 1.39 bits per heavy atom. The highest BCUT2D eigenvalue weighted by Gasteiger charge is 2.48. The molecule has 2 rings (SSSR count). The SMILES string of the molecule is NC[C@@H](c1ccccc1Cl)C1(C(=O)O)CCCC1. The maximum Gasteiger partial charge on any atom is 0.310 e. The molecule has 1 aromatic carbocycles. The van der Waals surface area contributed by atoms with Gasteiger partial charge < -0.3 is 10.8 Å². The fraction of sp³-hybridized carbons (Fsp3) is 0.500. The van der Waals surface area contributed by atoms with Crippen molar-refractivity contribution < 1.29 is 9.90 Å². The third-order valence-electron chi connectivity index (χ3n) is 4.11. The molecule has 0 heterocycles. The lowest BCUT2D eigenvalue weighted by Gasteiger charge is -2.33. The van der Waals surface area contributed by atoms with E-state index < -0.39 is 11.4 Å². The summed E-state index contributed by atoms with van der Waals surface area (Å²) in [5.41, 5.74) is 5.98. The second kappa shape index (κ2) is 5.29. The number of carbonyl (C=O) groups is 1. The first kappa shape index (κ1) is 13.4. The number of aliphatic carboxylic acids is 1.